The number of aromatic nitrogens is 2. The second kappa shape index (κ2) is 9.84. The quantitative estimate of drug-likeness (QED) is 0.526. The molecule has 1 aromatic carbocycles. The van der Waals surface area contributed by atoms with Crippen molar-refractivity contribution in [3.8, 4) is 11.6 Å². The van der Waals surface area contributed by atoms with Gasteiger partial charge >= 0.3 is 0 Å². The van der Waals surface area contributed by atoms with Gasteiger partial charge in [0.2, 0.25) is 5.88 Å². The minimum absolute atomic E-state index is 0.0166. The van der Waals surface area contributed by atoms with E-state index >= 15 is 0 Å². The molecule has 0 amide bonds. The zero-order valence-corrected chi connectivity index (χ0v) is 18.8. The Bertz CT molecular complexity index is 991. The number of aromatic hydroxyl groups is 1. The fraction of sp³-hybridized carbons (Fsp3) is 0.476. The molecule has 7 nitrogen and oxygen atoms in total. The molecule has 0 bridgehead atoms. The molecule has 0 spiro atoms. The van der Waals surface area contributed by atoms with E-state index in [4.69, 9.17) is 17.0 Å². The molecule has 158 valence electrons. The number of nitrogens with zero attached hydrogens (tertiary/aromatic N) is 4. The van der Waals surface area contributed by atoms with Crippen LogP contribution in [0, 0.1) is 4.77 Å². The molecule has 8 heteroatoms. The highest BCUT2D eigenvalue weighted by molar-refractivity contribution is 7.71. The van der Waals surface area contributed by atoms with Crippen molar-refractivity contribution in [2.24, 2.45) is 4.99 Å². The molecule has 0 radical (unpaired) electrons. The summed E-state index contributed by atoms with van der Waals surface area (Å²) in [7, 11) is 5.61. The van der Waals surface area contributed by atoms with E-state index in [-0.39, 0.29) is 23.0 Å². The van der Waals surface area contributed by atoms with Gasteiger partial charge in [-0.2, -0.15) is 0 Å². The van der Waals surface area contributed by atoms with E-state index in [0.29, 0.717) is 30.1 Å². The van der Waals surface area contributed by atoms with Gasteiger partial charge in [0.05, 0.1) is 19.7 Å². The van der Waals surface area contributed by atoms with Crippen LogP contribution >= 0.6 is 12.2 Å². The lowest BCUT2D eigenvalue weighted by Gasteiger charge is -2.23. The molecule has 1 atom stereocenters. The van der Waals surface area contributed by atoms with Gasteiger partial charge in [0.25, 0.3) is 5.56 Å². The highest BCUT2D eigenvalue weighted by Crippen LogP contribution is 2.22. The van der Waals surface area contributed by atoms with Crippen LogP contribution in [-0.4, -0.2) is 52.6 Å². The molecular weight excluding hydrogens is 388 g/mol. The largest absolute Gasteiger partial charge is 0.497 e. The molecule has 1 heterocycles. The van der Waals surface area contributed by atoms with Crippen LogP contribution in [0.5, 0.6) is 11.6 Å². The molecule has 0 aliphatic carbocycles. The molecule has 1 aromatic heterocycles. The van der Waals surface area contributed by atoms with Gasteiger partial charge in [-0.25, -0.2) is 0 Å². The van der Waals surface area contributed by atoms with Gasteiger partial charge in [-0.05, 0) is 64.8 Å². The van der Waals surface area contributed by atoms with Crippen LogP contribution in [0.15, 0.2) is 34.1 Å². The molecule has 0 saturated carbocycles. The molecular formula is C21H30N4O3S. The van der Waals surface area contributed by atoms with Crippen molar-refractivity contribution >= 4 is 17.9 Å². The van der Waals surface area contributed by atoms with Crippen molar-refractivity contribution in [1.29, 1.82) is 0 Å². The second-order valence-corrected chi connectivity index (χ2v) is 7.32. The normalized spacial score (nSPS) is 13.0. The lowest BCUT2D eigenvalue weighted by Crippen LogP contribution is -2.30. The SMILES string of the molecule is CCn1c(O)c(C(C)=NC[C@H](c2ccc(OC)cc2)N(C)C)c(=O)n(CC)c1=S. The summed E-state index contributed by atoms with van der Waals surface area (Å²) < 4.78 is 8.59. The van der Waals surface area contributed by atoms with E-state index in [1.165, 1.54) is 4.57 Å². The number of ether oxygens (including phenoxy) is 1. The van der Waals surface area contributed by atoms with Crippen LogP contribution in [0.3, 0.4) is 0 Å². The minimum Gasteiger partial charge on any atom is -0.497 e. The van der Waals surface area contributed by atoms with Crippen LogP contribution in [0.25, 0.3) is 0 Å². The Labute approximate surface area is 176 Å². The zero-order valence-electron chi connectivity index (χ0n) is 18.0. The Morgan fingerprint density at radius 2 is 1.79 bits per heavy atom. The maximum atomic E-state index is 12.9. The van der Waals surface area contributed by atoms with E-state index in [0.717, 1.165) is 11.3 Å². The number of hydrogen-bond acceptors (Lipinski definition) is 6. The minimum atomic E-state index is -0.313. The van der Waals surface area contributed by atoms with Gasteiger partial charge < -0.3 is 14.7 Å². The molecule has 0 saturated heterocycles. The smallest absolute Gasteiger partial charge is 0.267 e. The summed E-state index contributed by atoms with van der Waals surface area (Å²) in [4.78, 5) is 19.6. The first-order valence-corrected chi connectivity index (χ1v) is 10.1. The monoisotopic (exact) mass is 418 g/mol. The molecule has 1 N–H and O–H groups in total. The average Bonchev–Trinajstić information content (AvgIpc) is 2.69. The van der Waals surface area contributed by atoms with E-state index in [9.17, 15) is 9.90 Å². The number of benzene rings is 1. The number of methoxy groups -OCH3 is 1. The maximum Gasteiger partial charge on any atom is 0.267 e. The van der Waals surface area contributed by atoms with Crippen molar-refractivity contribution in [3.05, 3.63) is 50.5 Å². The fourth-order valence-corrected chi connectivity index (χ4v) is 3.69. The van der Waals surface area contributed by atoms with Crippen LogP contribution in [-0.2, 0) is 13.1 Å². The van der Waals surface area contributed by atoms with Crippen LogP contribution in [0.4, 0.5) is 0 Å². The van der Waals surface area contributed by atoms with Crippen LogP contribution in [0.1, 0.15) is 37.9 Å². The third-order valence-corrected chi connectivity index (χ3v) is 5.46. The Hall–Kier alpha value is -2.45. The third-order valence-electron chi connectivity index (χ3n) is 5.02. The van der Waals surface area contributed by atoms with E-state index < -0.39 is 0 Å². The van der Waals surface area contributed by atoms with Crippen molar-refractivity contribution in [2.45, 2.75) is 39.9 Å². The van der Waals surface area contributed by atoms with E-state index in [1.54, 1.807) is 18.6 Å². The number of aliphatic imine (C=N–C) groups is 1. The van der Waals surface area contributed by atoms with Gasteiger partial charge in [-0.1, -0.05) is 12.1 Å². The predicted molar refractivity (Wildman–Crippen MR) is 119 cm³/mol. The summed E-state index contributed by atoms with van der Waals surface area (Å²) in [6.07, 6.45) is 0. The number of likely N-dealkylation sites (N-methyl/N-ethyl adjacent to an activating group) is 1. The highest BCUT2D eigenvalue weighted by atomic mass is 32.1. The predicted octanol–water partition coefficient (Wildman–Crippen LogP) is 3.25. The third kappa shape index (κ3) is 4.76. The summed E-state index contributed by atoms with van der Waals surface area (Å²) in [6, 6.07) is 7.86. The van der Waals surface area contributed by atoms with E-state index in [1.807, 2.05) is 52.2 Å². The highest BCUT2D eigenvalue weighted by Gasteiger charge is 2.19. The molecule has 0 aliphatic heterocycles. The van der Waals surface area contributed by atoms with Crippen molar-refractivity contribution in [3.63, 3.8) is 0 Å². The summed E-state index contributed by atoms with van der Waals surface area (Å²) >= 11 is 5.35. The average molecular weight is 419 g/mol. The number of hydrogen-bond donors (Lipinski definition) is 1. The van der Waals surface area contributed by atoms with Crippen LogP contribution in [0.2, 0.25) is 0 Å². The lowest BCUT2D eigenvalue weighted by atomic mass is 10.1. The fourth-order valence-electron chi connectivity index (χ4n) is 3.26. The number of rotatable bonds is 8. The summed E-state index contributed by atoms with van der Waals surface area (Å²) in [5.41, 5.74) is 1.47. The van der Waals surface area contributed by atoms with Crippen LogP contribution < -0.4 is 10.3 Å². The van der Waals surface area contributed by atoms with Gasteiger partial charge in [-0.15, -0.1) is 0 Å². The Kier molecular flexibility index (Phi) is 7.75. The molecule has 29 heavy (non-hydrogen) atoms. The molecule has 2 rings (SSSR count). The zero-order chi connectivity index (χ0) is 21.7. The van der Waals surface area contributed by atoms with E-state index in [2.05, 4.69) is 9.89 Å². The molecule has 0 aliphatic rings. The maximum absolute atomic E-state index is 12.9. The first-order valence-electron chi connectivity index (χ1n) is 9.65. The lowest BCUT2D eigenvalue weighted by molar-refractivity contribution is 0.306. The van der Waals surface area contributed by atoms with Gasteiger partial charge in [0, 0.05) is 18.8 Å². The summed E-state index contributed by atoms with van der Waals surface area (Å²) in [5, 5.41) is 10.7. The Balaban J connectivity index is 2.46. The molecule has 0 fully saturated rings. The Morgan fingerprint density at radius 1 is 1.21 bits per heavy atom. The van der Waals surface area contributed by atoms with Gasteiger partial charge in [0.1, 0.15) is 11.3 Å². The van der Waals surface area contributed by atoms with Crippen molar-refractivity contribution in [2.75, 3.05) is 27.7 Å². The first kappa shape index (κ1) is 22.8. The van der Waals surface area contributed by atoms with Gasteiger partial charge in [0.15, 0.2) is 4.77 Å². The topological polar surface area (TPSA) is 72.0 Å². The standard InChI is InChI=1S/C21H30N4O3S/c1-7-24-19(26)18(20(27)25(8-2)21(24)29)14(3)22-13-17(23(4)5)15-9-11-16(28-6)12-10-15/h9-12,17,26H,7-8,13H2,1-6H3/t17-/m1/s1. The first-order chi connectivity index (χ1) is 13.8. The second-order valence-electron chi connectivity index (χ2n) is 6.95. The summed E-state index contributed by atoms with van der Waals surface area (Å²) in [6.45, 7) is 6.83. The summed E-state index contributed by atoms with van der Waals surface area (Å²) in [5.74, 6) is 0.670. The Morgan fingerprint density at radius 3 is 2.28 bits per heavy atom. The van der Waals surface area contributed by atoms with Crippen molar-refractivity contribution < 1.29 is 9.84 Å². The van der Waals surface area contributed by atoms with Gasteiger partial charge in [-0.3, -0.25) is 18.9 Å². The van der Waals surface area contributed by atoms with Crippen molar-refractivity contribution in [1.82, 2.24) is 14.0 Å². The molecule has 2 aromatic rings. The molecule has 0 unspecified atom stereocenters.